The number of carbonyl (C=O) groups is 1. The van der Waals surface area contributed by atoms with E-state index in [-0.39, 0.29) is 17.6 Å². The number of amides is 1. The van der Waals surface area contributed by atoms with Gasteiger partial charge in [0.05, 0.1) is 4.47 Å². The number of rotatable bonds is 5. The van der Waals surface area contributed by atoms with Crippen molar-refractivity contribution in [1.29, 1.82) is 0 Å². The third-order valence-electron chi connectivity index (χ3n) is 3.12. The molecule has 0 fully saturated rings. The summed E-state index contributed by atoms with van der Waals surface area (Å²) in [6, 6.07) is 12.8. The van der Waals surface area contributed by atoms with Crippen molar-refractivity contribution in [2.75, 3.05) is 11.9 Å². The van der Waals surface area contributed by atoms with Gasteiger partial charge in [-0.2, -0.15) is 0 Å². The smallest absolute Gasteiger partial charge is 0.264 e. The first-order valence-corrected chi connectivity index (χ1v) is 8.83. The molecule has 0 aliphatic rings. The maximum absolute atomic E-state index is 11.9. The van der Waals surface area contributed by atoms with E-state index in [2.05, 4.69) is 33.5 Å². The molecule has 4 nitrogen and oxygen atoms in total. The van der Waals surface area contributed by atoms with Gasteiger partial charge in [-0.1, -0.05) is 24.6 Å². The standard InChI is InChI=1S/C17H16BrClN2O2S/c1-2-11-3-8-15(14(18)9-11)23-10-16(22)21-17(24)20-13-6-4-12(19)5-7-13/h3-9H,2,10H2,1H3,(H2,20,21,22,24). The van der Waals surface area contributed by atoms with Gasteiger partial charge in [-0.25, -0.2) is 0 Å². The lowest BCUT2D eigenvalue weighted by atomic mass is 10.2. The second kappa shape index (κ2) is 9.01. The number of aryl methyl sites for hydroxylation is 1. The minimum Gasteiger partial charge on any atom is -0.483 e. The van der Waals surface area contributed by atoms with Crippen LogP contribution in [0.1, 0.15) is 12.5 Å². The number of halogens is 2. The number of hydrogen-bond donors (Lipinski definition) is 2. The molecule has 0 saturated carbocycles. The van der Waals surface area contributed by atoms with Crippen LogP contribution in [0.25, 0.3) is 0 Å². The monoisotopic (exact) mass is 426 g/mol. The van der Waals surface area contributed by atoms with Gasteiger partial charge in [0.25, 0.3) is 5.91 Å². The summed E-state index contributed by atoms with van der Waals surface area (Å²) in [5, 5.41) is 6.29. The number of anilines is 1. The van der Waals surface area contributed by atoms with Gasteiger partial charge < -0.3 is 10.1 Å². The highest BCUT2D eigenvalue weighted by Crippen LogP contribution is 2.26. The van der Waals surface area contributed by atoms with E-state index < -0.39 is 0 Å². The molecule has 1 amide bonds. The van der Waals surface area contributed by atoms with Crippen LogP contribution in [-0.2, 0) is 11.2 Å². The van der Waals surface area contributed by atoms with Gasteiger partial charge in [0.2, 0.25) is 0 Å². The van der Waals surface area contributed by atoms with Crippen molar-refractivity contribution in [3.8, 4) is 5.75 Å². The van der Waals surface area contributed by atoms with E-state index in [4.69, 9.17) is 28.6 Å². The molecule has 2 aromatic rings. The van der Waals surface area contributed by atoms with Gasteiger partial charge in [-0.05, 0) is 76.5 Å². The molecule has 126 valence electrons. The summed E-state index contributed by atoms with van der Waals surface area (Å²) in [7, 11) is 0. The number of thiocarbonyl (C=S) groups is 1. The van der Waals surface area contributed by atoms with E-state index in [1.165, 1.54) is 5.56 Å². The first-order valence-electron chi connectivity index (χ1n) is 7.25. The summed E-state index contributed by atoms with van der Waals surface area (Å²) in [5.74, 6) is 0.270. The summed E-state index contributed by atoms with van der Waals surface area (Å²) >= 11 is 14.3. The van der Waals surface area contributed by atoms with Crippen molar-refractivity contribution in [2.24, 2.45) is 0 Å². The Hall–Kier alpha value is -1.63. The Labute approximate surface area is 159 Å². The van der Waals surface area contributed by atoms with E-state index in [9.17, 15) is 4.79 Å². The molecule has 2 N–H and O–H groups in total. The molecule has 0 bridgehead atoms. The SMILES string of the molecule is CCc1ccc(OCC(=O)NC(=S)Nc2ccc(Cl)cc2)c(Br)c1. The van der Waals surface area contributed by atoms with Gasteiger partial charge in [-0.15, -0.1) is 0 Å². The molecule has 2 rings (SSSR count). The highest BCUT2D eigenvalue weighted by Gasteiger charge is 2.08. The molecule has 0 aromatic heterocycles. The lowest BCUT2D eigenvalue weighted by molar-refractivity contribution is -0.121. The molecule has 0 atom stereocenters. The molecule has 0 unspecified atom stereocenters. The van der Waals surface area contributed by atoms with Crippen molar-refractivity contribution in [3.05, 3.63) is 57.5 Å². The van der Waals surface area contributed by atoms with Crippen molar-refractivity contribution in [3.63, 3.8) is 0 Å². The van der Waals surface area contributed by atoms with Crippen LogP contribution in [-0.4, -0.2) is 17.6 Å². The molecule has 7 heteroatoms. The molecular formula is C17H16BrClN2O2S. The van der Waals surface area contributed by atoms with E-state index in [0.29, 0.717) is 10.8 Å². The summed E-state index contributed by atoms with van der Waals surface area (Å²) in [4.78, 5) is 11.9. The van der Waals surface area contributed by atoms with Crippen LogP contribution in [0.4, 0.5) is 5.69 Å². The molecule has 0 saturated heterocycles. The van der Waals surface area contributed by atoms with Gasteiger partial charge in [0, 0.05) is 10.7 Å². The Bertz CT molecular complexity index is 738. The molecule has 0 heterocycles. The van der Waals surface area contributed by atoms with Gasteiger partial charge in [-0.3, -0.25) is 10.1 Å². The van der Waals surface area contributed by atoms with Crippen LogP contribution in [0.15, 0.2) is 46.9 Å². The largest absolute Gasteiger partial charge is 0.483 e. The van der Waals surface area contributed by atoms with Crippen molar-refractivity contribution < 1.29 is 9.53 Å². The van der Waals surface area contributed by atoms with Crippen LogP contribution in [0.2, 0.25) is 5.02 Å². The number of hydrogen-bond acceptors (Lipinski definition) is 3. The first-order chi connectivity index (χ1) is 11.5. The predicted molar refractivity (Wildman–Crippen MR) is 105 cm³/mol. The number of benzene rings is 2. The van der Waals surface area contributed by atoms with Crippen molar-refractivity contribution in [1.82, 2.24) is 5.32 Å². The van der Waals surface area contributed by atoms with Gasteiger partial charge in [0.15, 0.2) is 11.7 Å². The van der Waals surface area contributed by atoms with E-state index in [1.54, 1.807) is 24.3 Å². The number of ether oxygens (including phenoxy) is 1. The second-order valence-corrected chi connectivity index (χ2v) is 6.62. The number of carbonyl (C=O) groups excluding carboxylic acids is 1. The molecule has 0 spiro atoms. The van der Waals surface area contributed by atoms with Gasteiger partial charge in [0.1, 0.15) is 5.75 Å². The molecule has 0 aliphatic carbocycles. The Balaban J connectivity index is 1.82. The maximum atomic E-state index is 11.9. The summed E-state index contributed by atoms with van der Waals surface area (Å²) in [6.07, 6.45) is 0.935. The zero-order valence-electron chi connectivity index (χ0n) is 12.9. The minimum absolute atomic E-state index is 0.132. The Morgan fingerprint density at radius 1 is 1.25 bits per heavy atom. The summed E-state index contributed by atoms with van der Waals surface area (Å²) < 4.78 is 6.32. The Morgan fingerprint density at radius 3 is 2.58 bits per heavy atom. The number of nitrogens with one attached hydrogen (secondary N) is 2. The fourth-order valence-corrected chi connectivity index (χ4v) is 2.78. The van der Waals surface area contributed by atoms with Crippen LogP contribution in [0.3, 0.4) is 0 Å². The topological polar surface area (TPSA) is 50.4 Å². The molecule has 0 aliphatic heterocycles. The lowest BCUT2D eigenvalue weighted by Crippen LogP contribution is -2.37. The normalized spacial score (nSPS) is 10.1. The maximum Gasteiger partial charge on any atom is 0.264 e. The quantitative estimate of drug-likeness (QED) is 0.687. The highest BCUT2D eigenvalue weighted by atomic mass is 79.9. The fourth-order valence-electron chi connectivity index (χ4n) is 1.88. The van der Waals surface area contributed by atoms with Crippen LogP contribution in [0, 0.1) is 0 Å². The third kappa shape index (κ3) is 5.78. The molecule has 0 radical (unpaired) electrons. The average molecular weight is 428 g/mol. The minimum atomic E-state index is -0.340. The van der Waals surface area contributed by atoms with Crippen LogP contribution >= 0.6 is 39.7 Å². The predicted octanol–water partition coefficient (Wildman–Crippen LogP) is 4.56. The van der Waals surface area contributed by atoms with E-state index in [0.717, 1.165) is 16.6 Å². The van der Waals surface area contributed by atoms with Gasteiger partial charge >= 0.3 is 0 Å². The molecule has 24 heavy (non-hydrogen) atoms. The third-order valence-corrected chi connectivity index (χ3v) is 4.19. The summed E-state index contributed by atoms with van der Waals surface area (Å²) in [5.41, 5.74) is 1.93. The average Bonchev–Trinajstić information content (AvgIpc) is 2.55. The Morgan fingerprint density at radius 2 is 1.96 bits per heavy atom. The fraction of sp³-hybridized carbons (Fsp3) is 0.176. The zero-order chi connectivity index (χ0) is 17.5. The van der Waals surface area contributed by atoms with Crippen LogP contribution < -0.4 is 15.4 Å². The molecule has 2 aromatic carbocycles. The molecular weight excluding hydrogens is 412 g/mol. The van der Waals surface area contributed by atoms with E-state index >= 15 is 0 Å². The summed E-state index contributed by atoms with van der Waals surface area (Å²) in [6.45, 7) is 1.94. The zero-order valence-corrected chi connectivity index (χ0v) is 16.1. The van der Waals surface area contributed by atoms with Crippen molar-refractivity contribution >= 4 is 56.5 Å². The van der Waals surface area contributed by atoms with Crippen molar-refractivity contribution in [2.45, 2.75) is 13.3 Å². The van der Waals surface area contributed by atoms with E-state index in [1.807, 2.05) is 18.2 Å². The highest BCUT2D eigenvalue weighted by molar-refractivity contribution is 9.10. The Kier molecular flexibility index (Phi) is 7.02. The lowest BCUT2D eigenvalue weighted by Gasteiger charge is -2.11. The van der Waals surface area contributed by atoms with Crippen LogP contribution in [0.5, 0.6) is 5.75 Å². The second-order valence-electron chi connectivity index (χ2n) is 4.92. The first kappa shape index (κ1) is 18.7.